The van der Waals surface area contributed by atoms with Gasteiger partial charge in [-0.1, -0.05) is 11.6 Å². The number of nitrogens with two attached hydrogens (primary N) is 1. The molecule has 1 fully saturated rings. The van der Waals surface area contributed by atoms with Gasteiger partial charge >= 0.3 is 0 Å². The summed E-state index contributed by atoms with van der Waals surface area (Å²) in [5, 5.41) is 4.05. The molecule has 1 saturated heterocycles. The second kappa shape index (κ2) is 5.15. The van der Waals surface area contributed by atoms with E-state index >= 15 is 0 Å². The molecule has 0 aliphatic carbocycles. The Hall–Kier alpha value is -0.930. The molecule has 94 valence electrons. The first-order valence-corrected chi connectivity index (χ1v) is 6.39. The fourth-order valence-electron chi connectivity index (χ4n) is 2.19. The molecule has 17 heavy (non-hydrogen) atoms. The Balaban J connectivity index is 2.09. The van der Waals surface area contributed by atoms with Crippen LogP contribution in [0.5, 0.6) is 0 Å². The summed E-state index contributed by atoms with van der Waals surface area (Å²) in [6.45, 7) is 5.04. The number of nitrogens with one attached hydrogen (secondary N) is 1. The molecule has 2 rings (SSSR count). The van der Waals surface area contributed by atoms with Gasteiger partial charge in [0.25, 0.3) is 0 Å². The molecule has 1 aromatic carbocycles. The minimum absolute atomic E-state index is 0.288. The molecule has 1 heterocycles. The Bertz CT molecular complexity index is 403. The lowest BCUT2D eigenvalue weighted by Crippen LogP contribution is -2.30. The number of nitrogen functional groups attached to an aromatic ring is 1. The van der Waals surface area contributed by atoms with Crippen LogP contribution in [0.2, 0.25) is 5.02 Å². The maximum Gasteiger partial charge on any atom is 0.0774 e. The molecule has 0 bridgehead atoms. The smallest absolute Gasteiger partial charge is 0.0774 e. The minimum Gasteiger partial charge on any atom is -0.398 e. The fourth-order valence-corrected chi connectivity index (χ4v) is 2.36. The molecular weight excluding hydrogens is 236 g/mol. The summed E-state index contributed by atoms with van der Waals surface area (Å²) in [7, 11) is 0. The monoisotopic (exact) mass is 254 g/mol. The number of halogens is 1. The largest absolute Gasteiger partial charge is 0.398 e. The molecule has 1 aliphatic heterocycles. The topological polar surface area (TPSA) is 47.3 Å². The second-order valence-electron chi connectivity index (χ2n) is 4.67. The lowest BCUT2D eigenvalue weighted by Gasteiger charge is -2.22. The highest BCUT2D eigenvalue weighted by Crippen LogP contribution is 2.28. The molecule has 4 heteroatoms. The van der Waals surface area contributed by atoms with Crippen LogP contribution in [-0.2, 0) is 4.74 Å². The first-order chi connectivity index (χ1) is 8.08. The molecule has 3 N–H and O–H groups in total. The zero-order valence-electron chi connectivity index (χ0n) is 10.3. The summed E-state index contributed by atoms with van der Waals surface area (Å²) in [5.41, 5.74) is 8.53. The molecule has 0 amide bonds. The van der Waals surface area contributed by atoms with Crippen molar-refractivity contribution in [2.75, 3.05) is 17.7 Å². The molecule has 0 radical (unpaired) electrons. The fraction of sp³-hybridized carbons (Fsp3) is 0.538. The molecule has 3 nitrogen and oxygen atoms in total. The summed E-state index contributed by atoms with van der Waals surface area (Å²) in [4.78, 5) is 0. The number of aryl methyl sites for hydroxylation is 1. The molecule has 2 unspecified atom stereocenters. The SMILES string of the molecule is Cc1cc(N)c(Cl)cc1NC(C)C1CCCO1. The predicted molar refractivity (Wildman–Crippen MR) is 72.7 cm³/mol. The van der Waals surface area contributed by atoms with Crippen molar-refractivity contribution in [2.24, 2.45) is 0 Å². The molecule has 0 spiro atoms. The normalized spacial score (nSPS) is 21.5. The average molecular weight is 255 g/mol. The van der Waals surface area contributed by atoms with Gasteiger partial charge in [-0.05, 0) is 44.4 Å². The van der Waals surface area contributed by atoms with E-state index in [-0.39, 0.29) is 6.04 Å². The first-order valence-electron chi connectivity index (χ1n) is 6.01. The van der Waals surface area contributed by atoms with E-state index in [2.05, 4.69) is 12.2 Å². The summed E-state index contributed by atoms with van der Waals surface area (Å²) >= 11 is 6.03. The molecule has 1 aromatic rings. The van der Waals surface area contributed by atoms with Gasteiger partial charge < -0.3 is 15.8 Å². The number of rotatable bonds is 3. The Morgan fingerprint density at radius 2 is 2.29 bits per heavy atom. The van der Waals surface area contributed by atoms with Gasteiger partial charge in [-0.15, -0.1) is 0 Å². The van der Waals surface area contributed by atoms with Crippen molar-refractivity contribution in [2.45, 2.75) is 38.8 Å². The van der Waals surface area contributed by atoms with Crippen LogP contribution in [0.15, 0.2) is 12.1 Å². The zero-order valence-corrected chi connectivity index (χ0v) is 11.1. The maximum atomic E-state index is 6.03. The second-order valence-corrected chi connectivity index (χ2v) is 5.08. The predicted octanol–water partition coefficient (Wildman–Crippen LogP) is 3.21. The van der Waals surface area contributed by atoms with Gasteiger partial charge in [-0.2, -0.15) is 0 Å². The summed E-state index contributed by atoms with van der Waals surface area (Å²) in [6.07, 6.45) is 2.57. The van der Waals surface area contributed by atoms with E-state index in [0.29, 0.717) is 16.8 Å². The number of ether oxygens (including phenoxy) is 1. The molecule has 0 saturated carbocycles. The van der Waals surface area contributed by atoms with Gasteiger partial charge in [-0.3, -0.25) is 0 Å². The Morgan fingerprint density at radius 1 is 1.53 bits per heavy atom. The van der Waals surface area contributed by atoms with Crippen LogP contribution >= 0.6 is 11.6 Å². The summed E-state index contributed by atoms with van der Waals surface area (Å²) < 4.78 is 5.66. The highest BCUT2D eigenvalue weighted by molar-refractivity contribution is 6.33. The average Bonchev–Trinajstić information content (AvgIpc) is 2.79. The molecule has 2 atom stereocenters. The summed E-state index contributed by atoms with van der Waals surface area (Å²) in [6, 6.07) is 4.07. The third-order valence-corrected chi connectivity index (χ3v) is 3.58. The van der Waals surface area contributed by atoms with Crippen LogP contribution in [0, 0.1) is 6.92 Å². The van der Waals surface area contributed by atoms with Crippen LogP contribution < -0.4 is 11.1 Å². The number of benzene rings is 1. The third kappa shape index (κ3) is 2.85. The van der Waals surface area contributed by atoms with Crippen LogP contribution in [-0.4, -0.2) is 18.8 Å². The van der Waals surface area contributed by atoms with Crippen LogP contribution in [0.3, 0.4) is 0 Å². The van der Waals surface area contributed by atoms with Crippen LogP contribution in [0.1, 0.15) is 25.3 Å². The van der Waals surface area contributed by atoms with Crippen molar-refractivity contribution in [3.8, 4) is 0 Å². The number of hydrogen-bond donors (Lipinski definition) is 2. The minimum atomic E-state index is 0.288. The highest BCUT2D eigenvalue weighted by Gasteiger charge is 2.22. The Kier molecular flexibility index (Phi) is 3.79. The van der Waals surface area contributed by atoms with Gasteiger partial charge in [0.1, 0.15) is 0 Å². The van der Waals surface area contributed by atoms with Gasteiger partial charge in [0.05, 0.1) is 16.8 Å². The standard InChI is InChI=1S/C13H19ClN2O/c1-8-6-11(15)10(14)7-12(8)16-9(2)13-4-3-5-17-13/h6-7,9,13,16H,3-5,15H2,1-2H3. The Morgan fingerprint density at radius 3 is 2.94 bits per heavy atom. The Labute approximate surface area is 107 Å². The highest BCUT2D eigenvalue weighted by atomic mass is 35.5. The van der Waals surface area contributed by atoms with E-state index in [1.807, 2.05) is 19.1 Å². The van der Waals surface area contributed by atoms with E-state index in [1.54, 1.807) is 0 Å². The van der Waals surface area contributed by atoms with Crippen molar-refractivity contribution >= 4 is 23.0 Å². The number of anilines is 2. The zero-order chi connectivity index (χ0) is 12.4. The van der Waals surface area contributed by atoms with Crippen molar-refractivity contribution in [1.29, 1.82) is 0 Å². The van der Waals surface area contributed by atoms with Crippen molar-refractivity contribution in [3.05, 3.63) is 22.7 Å². The van der Waals surface area contributed by atoms with E-state index in [9.17, 15) is 0 Å². The van der Waals surface area contributed by atoms with E-state index in [4.69, 9.17) is 22.1 Å². The lowest BCUT2D eigenvalue weighted by atomic mass is 10.1. The molecule has 1 aliphatic rings. The van der Waals surface area contributed by atoms with Crippen molar-refractivity contribution < 1.29 is 4.74 Å². The van der Waals surface area contributed by atoms with Crippen LogP contribution in [0.25, 0.3) is 0 Å². The third-order valence-electron chi connectivity index (χ3n) is 3.25. The van der Waals surface area contributed by atoms with Crippen molar-refractivity contribution in [3.63, 3.8) is 0 Å². The van der Waals surface area contributed by atoms with E-state index < -0.39 is 0 Å². The quantitative estimate of drug-likeness (QED) is 0.815. The molecule has 0 aromatic heterocycles. The van der Waals surface area contributed by atoms with Gasteiger partial charge in [-0.25, -0.2) is 0 Å². The van der Waals surface area contributed by atoms with Gasteiger partial charge in [0.2, 0.25) is 0 Å². The number of hydrogen-bond acceptors (Lipinski definition) is 3. The van der Waals surface area contributed by atoms with E-state index in [0.717, 1.165) is 30.7 Å². The van der Waals surface area contributed by atoms with Gasteiger partial charge in [0.15, 0.2) is 0 Å². The van der Waals surface area contributed by atoms with Gasteiger partial charge in [0, 0.05) is 18.3 Å². The first kappa shape index (κ1) is 12.5. The van der Waals surface area contributed by atoms with Crippen molar-refractivity contribution in [1.82, 2.24) is 0 Å². The van der Waals surface area contributed by atoms with Crippen LogP contribution in [0.4, 0.5) is 11.4 Å². The maximum absolute atomic E-state index is 6.03. The lowest BCUT2D eigenvalue weighted by molar-refractivity contribution is 0.0996. The molecular formula is C13H19ClN2O. The van der Waals surface area contributed by atoms with E-state index in [1.165, 1.54) is 0 Å². The summed E-state index contributed by atoms with van der Waals surface area (Å²) in [5.74, 6) is 0.